The van der Waals surface area contributed by atoms with Gasteiger partial charge in [0.25, 0.3) is 5.91 Å². The topological polar surface area (TPSA) is 116 Å². The largest absolute Gasteiger partial charge is 0.495 e. The number of carbonyl (C=O) groups excluding carboxylic acids is 1. The van der Waals surface area contributed by atoms with Crippen molar-refractivity contribution in [3.05, 3.63) is 71.7 Å². The van der Waals surface area contributed by atoms with Crippen molar-refractivity contribution in [3.8, 4) is 16.9 Å². The van der Waals surface area contributed by atoms with Crippen LogP contribution in [-0.4, -0.2) is 65.0 Å². The van der Waals surface area contributed by atoms with Gasteiger partial charge in [0.15, 0.2) is 8.38 Å². The summed E-state index contributed by atoms with van der Waals surface area (Å²) in [5.41, 5.74) is 1.97. The van der Waals surface area contributed by atoms with Gasteiger partial charge < -0.3 is 29.3 Å². The maximum atomic E-state index is 14.1. The zero-order valence-corrected chi connectivity index (χ0v) is 26.1. The molecule has 4 aromatic rings. The van der Waals surface area contributed by atoms with Crippen LogP contribution < -0.4 is 15.4 Å². The number of hydrogen-bond donors (Lipinski definition) is 2. The number of aromatic nitrogens is 4. The molecular weight excluding hydrogens is 610 g/mol. The van der Waals surface area contributed by atoms with E-state index in [1.807, 2.05) is 19.2 Å². The Morgan fingerprint density at radius 3 is 2.64 bits per heavy atom. The van der Waals surface area contributed by atoms with Crippen molar-refractivity contribution in [2.24, 2.45) is 0 Å². The third kappa shape index (κ3) is 7.70. The summed E-state index contributed by atoms with van der Waals surface area (Å²) >= 11 is 0. The molecule has 0 spiro atoms. The number of benzene rings is 2. The number of halogens is 3. The summed E-state index contributed by atoms with van der Waals surface area (Å²) in [7, 11) is 3.39. The van der Waals surface area contributed by atoms with Crippen LogP contribution in [0.15, 0.2) is 55.0 Å². The summed E-state index contributed by atoms with van der Waals surface area (Å²) in [4.78, 5) is 22.7. The molecule has 238 valence electrons. The maximum absolute atomic E-state index is 14.1. The molecule has 0 saturated carbocycles. The number of alkyl halides is 3. The van der Waals surface area contributed by atoms with Crippen molar-refractivity contribution >= 4 is 37.4 Å². The number of ether oxygens (including phenoxy) is 1. The number of methoxy groups -OCH3 is 1. The fraction of sp³-hybridized carbons (Fsp3) is 0.333. The fourth-order valence-corrected chi connectivity index (χ4v) is 6.00. The van der Waals surface area contributed by atoms with Crippen molar-refractivity contribution in [2.75, 3.05) is 45.1 Å². The Kier molecular flexibility index (Phi) is 9.86. The SMILES string of the molecule is CCOP1Cc2ccc(c(OC)c2)Nc2ncc(C(F)(F)F)c(n2)Nc2ccc(cc2C(=O)N(C)C)-c2cnn(c2)CCCO1. The van der Waals surface area contributed by atoms with Crippen LogP contribution in [0.1, 0.15) is 34.8 Å². The zero-order chi connectivity index (χ0) is 32.1. The second-order valence-electron chi connectivity index (χ2n) is 10.3. The zero-order valence-electron chi connectivity index (χ0n) is 25.2. The van der Waals surface area contributed by atoms with E-state index in [1.165, 1.54) is 12.0 Å². The molecule has 8 rings (SSSR count). The molecule has 0 aliphatic carbocycles. The lowest BCUT2D eigenvalue weighted by Crippen LogP contribution is -2.23. The Morgan fingerprint density at radius 2 is 1.91 bits per heavy atom. The third-order valence-corrected chi connectivity index (χ3v) is 8.47. The van der Waals surface area contributed by atoms with Gasteiger partial charge in [-0.25, -0.2) is 4.98 Å². The molecule has 45 heavy (non-hydrogen) atoms. The van der Waals surface area contributed by atoms with Gasteiger partial charge in [0.1, 0.15) is 17.1 Å². The summed E-state index contributed by atoms with van der Waals surface area (Å²) < 4.78 is 61.7. The summed E-state index contributed by atoms with van der Waals surface area (Å²) in [5.74, 6) is -0.605. The first-order valence-corrected chi connectivity index (χ1v) is 15.5. The minimum absolute atomic E-state index is 0.108. The lowest BCUT2D eigenvalue weighted by Gasteiger charge is -2.20. The minimum atomic E-state index is -4.77. The van der Waals surface area contributed by atoms with Crippen LogP contribution >= 0.6 is 8.38 Å². The highest BCUT2D eigenvalue weighted by atomic mass is 31.2. The molecule has 1 unspecified atom stereocenters. The number of nitrogens with zero attached hydrogens (tertiary/aromatic N) is 5. The molecule has 2 aromatic heterocycles. The van der Waals surface area contributed by atoms with E-state index in [4.69, 9.17) is 13.8 Å². The molecule has 4 aliphatic heterocycles. The van der Waals surface area contributed by atoms with Gasteiger partial charge in [-0.1, -0.05) is 12.1 Å². The van der Waals surface area contributed by atoms with E-state index in [0.29, 0.717) is 55.5 Å². The lowest BCUT2D eigenvalue weighted by atomic mass is 10.0. The van der Waals surface area contributed by atoms with Crippen molar-refractivity contribution in [2.45, 2.75) is 32.2 Å². The number of nitrogens with one attached hydrogen (secondary N) is 2. The van der Waals surface area contributed by atoms with E-state index in [-0.39, 0.29) is 17.2 Å². The molecular formula is C30H33F3N7O4P. The highest BCUT2D eigenvalue weighted by Crippen LogP contribution is 2.44. The molecule has 15 heteroatoms. The van der Waals surface area contributed by atoms with Gasteiger partial charge in [0, 0.05) is 44.8 Å². The van der Waals surface area contributed by atoms with Gasteiger partial charge >= 0.3 is 6.18 Å². The Balaban J connectivity index is 1.61. The van der Waals surface area contributed by atoms with Gasteiger partial charge in [-0.15, -0.1) is 0 Å². The van der Waals surface area contributed by atoms with Crippen molar-refractivity contribution in [3.63, 3.8) is 0 Å². The molecule has 1 atom stereocenters. The summed E-state index contributed by atoms with van der Waals surface area (Å²) in [6.07, 6.45) is 0.649. The first-order valence-electron chi connectivity index (χ1n) is 14.1. The van der Waals surface area contributed by atoms with Crippen LogP contribution in [0.4, 0.5) is 36.3 Å². The van der Waals surface area contributed by atoms with E-state index in [9.17, 15) is 18.0 Å². The van der Waals surface area contributed by atoms with Crippen LogP contribution in [0.5, 0.6) is 5.75 Å². The van der Waals surface area contributed by atoms with E-state index < -0.39 is 31.8 Å². The van der Waals surface area contributed by atoms with Crippen LogP contribution in [0.2, 0.25) is 0 Å². The van der Waals surface area contributed by atoms with Crippen molar-refractivity contribution < 1.29 is 31.8 Å². The first kappa shape index (κ1) is 32.1. The Bertz CT molecular complexity index is 1670. The van der Waals surface area contributed by atoms with E-state index in [2.05, 4.69) is 25.7 Å². The number of amides is 1. The number of aryl methyl sites for hydroxylation is 1. The smallest absolute Gasteiger partial charge is 0.421 e. The first-order chi connectivity index (χ1) is 21.5. The average Bonchev–Trinajstić information content (AvgIpc) is 3.48. The number of hydrogen-bond acceptors (Lipinski definition) is 9. The normalized spacial score (nSPS) is 15.4. The maximum Gasteiger partial charge on any atom is 0.421 e. The third-order valence-electron chi connectivity index (χ3n) is 6.83. The Morgan fingerprint density at radius 1 is 1.11 bits per heavy atom. The predicted octanol–water partition coefficient (Wildman–Crippen LogP) is 6.83. The van der Waals surface area contributed by atoms with Gasteiger partial charge in [0.05, 0.1) is 43.5 Å². The van der Waals surface area contributed by atoms with Crippen LogP contribution in [0.3, 0.4) is 0 Å². The Labute approximate surface area is 259 Å². The highest BCUT2D eigenvalue weighted by molar-refractivity contribution is 7.46. The molecule has 11 nitrogen and oxygen atoms in total. The van der Waals surface area contributed by atoms with Gasteiger partial charge in [-0.05, 0) is 48.7 Å². The second-order valence-corrected chi connectivity index (χ2v) is 11.8. The molecule has 6 heterocycles. The van der Waals surface area contributed by atoms with Gasteiger partial charge in [-0.3, -0.25) is 9.48 Å². The molecule has 0 saturated heterocycles. The van der Waals surface area contributed by atoms with E-state index in [0.717, 1.165) is 11.1 Å². The van der Waals surface area contributed by atoms with Gasteiger partial charge in [0.2, 0.25) is 5.95 Å². The lowest BCUT2D eigenvalue weighted by molar-refractivity contribution is -0.137. The standard InChI is InChI=1S/C30H33F3N7O4P/c1-5-43-45-18-19-7-9-25(26(13-19)42-4)37-29-34-16-23(30(31,32)33)27(38-29)36-24-10-8-20(14-22(24)28(41)39(2)3)21-15-35-40(17-21)11-6-12-44-45/h7-10,13-17H,5-6,11-12,18H2,1-4H3,(H2,34,36,37,38). The molecule has 8 bridgehead atoms. The van der Waals surface area contributed by atoms with Crippen LogP contribution in [0.25, 0.3) is 11.1 Å². The quantitative estimate of drug-likeness (QED) is 0.231. The fourth-order valence-electron chi connectivity index (χ4n) is 4.63. The summed E-state index contributed by atoms with van der Waals surface area (Å²) in [5, 5.41) is 10.2. The van der Waals surface area contributed by atoms with Gasteiger partial charge in [-0.2, -0.15) is 23.3 Å². The van der Waals surface area contributed by atoms with Crippen molar-refractivity contribution in [1.82, 2.24) is 24.6 Å². The molecule has 1 amide bonds. The Hall–Kier alpha value is -4.26. The van der Waals surface area contributed by atoms with E-state index in [1.54, 1.807) is 55.3 Å². The van der Waals surface area contributed by atoms with Crippen LogP contribution in [0, 0.1) is 0 Å². The molecule has 0 radical (unpaired) electrons. The van der Waals surface area contributed by atoms with Crippen LogP contribution in [-0.2, 0) is 27.9 Å². The van der Waals surface area contributed by atoms with E-state index >= 15 is 0 Å². The minimum Gasteiger partial charge on any atom is -0.495 e. The average molecular weight is 644 g/mol. The monoisotopic (exact) mass is 643 g/mol. The molecule has 2 N–H and O–H groups in total. The summed E-state index contributed by atoms with van der Waals surface area (Å²) in [6, 6.07) is 10.3. The molecule has 2 aromatic carbocycles. The number of carbonyl (C=O) groups is 1. The number of rotatable bonds is 4. The second kappa shape index (κ2) is 13.8. The van der Waals surface area contributed by atoms with Crippen molar-refractivity contribution in [1.29, 1.82) is 0 Å². The molecule has 0 fully saturated rings. The summed E-state index contributed by atoms with van der Waals surface area (Å²) in [6.45, 7) is 3.45. The number of anilines is 4. The predicted molar refractivity (Wildman–Crippen MR) is 165 cm³/mol. The highest BCUT2D eigenvalue weighted by Gasteiger charge is 2.36. The molecule has 4 aliphatic rings.